The number of fused-ring (bicyclic) bond motifs is 3. The van der Waals surface area contributed by atoms with Crippen molar-refractivity contribution in [3.63, 3.8) is 0 Å². The van der Waals surface area contributed by atoms with Crippen molar-refractivity contribution in [2.24, 2.45) is 5.92 Å². The van der Waals surface area contributed by atoms with Crippen LogP contribution in [0.4, 0.5) is 4.39 Å². The fourth-order valence-corrected chi connectivity index (χ4v) is 7.72. The van der Waals surface area contributed by atoms with E-state index in [9.17, 15) is 39.2 Å². The van der Waals surface area contributed by atoms with Crippen molar-refractivity contribution in [2.75, 3.05) is 26.4 Å². The van der Waals surface area contributed by atoms with Crippen LogP contribution in [0.15, 0.2) is 48.5 Å². The molecule has 0 radical (unpaired) electrons. The van der Waals surface area contributed by atoms with Crippen LogP contribution in [-0.2, 0) is 36.1 Å². The molecule has 232 valence electrons. The Morgan fingerprint density at radius 1 is 1.09 bits per heavy atom. The van der Waals surface area contributed by atoms with Gasteiger partial charge in [-0.15, -0.1) is 11.8 Å². The number of rotatable bonds is 14. The van der Waals surface area contributed by atoms with E-state index >= 15 is 0 Å². The van der Waals surface area contributed by atoms with Gasteiger partial charge in [0.05, 0.1) is 24.1 Å². The minimum Gasteiger partial charge on any atom is -0.481 e. The number of halogens is 1. The summed E-state index contributed by atoms with van der Waals surface area (Å²) in [6.07, 6.45) is -1.50. The third-order valence-electron chi connectivity index (χ3n) is 8.14. The maximum atomic E-state index is 14.4. The highest BCUT2D eigenvalue weighted by molar-refractivity contribution is 8.00. The number of nitrogens with zero attached hydrogens (tertiary/aromatic N) is 1. The number of carboxylic acids is 3. The lowest BCUT2D eigenvalue weighted by Crippen LogP contribution is -2.53. The average molecular weight is 617 g/mol. The van der Waals surface area contributed by atoms with Gasteiger partial charge in [0.2, 0.25) is 0 Å². The molecule has 0 saturated carbocycles. The van der Waals surface area contributed by atoms with Crippen LogP contribution in [0.2, 0.25) is 0 Å². The number of hydrogen-bond acceptors (Lipinski definition) is 7. The second kappa shape index (κ2) is 12.7. The van der Waals surface area contributed by atoms with Gasteiger partial charge in [-0.2, -0.15) is 0 Å². The summed E-state index contributed by atoms with van der Waals surface area (Å²) in [5, 5.41) is 43.0. The Morgan fingerprint density at radius 2 is 1.77 bits per heavy atom. The highest BCUT2D eigenvalue weighted by atomic mass is 32.2. The number of nitrogens with one attached hydrogen (secondary N) is 1. The summed E-state index contributed by atoms with van der Waals surface area (Å²) in [5.41, 5.74) is -1.84. The molecule has 0 bridgehead atoms. The van der Waals surface area contributed by atoms with Crippen LogP contribution >= 0.6 is 11.8 Å². The second-order valence-corrected chi connectivity index (χ2v) is 12.7. The topological polar surface area (TPSA) is 160 Å². The summed E-state index contributed by atoms with van der Waals surface area (Å²) >= 11 is 1.24. The molecule has 0 aliphatic carbocycles. The zero-order chi connectivity index (χ0) is 31.6. The van der Waals surface area contributed by atoms with E-state index in [4.69, 9.17) is 4.74 Å². The molecule has 10 nitrogen and oxygen atoms in total. The molecule has 3 aromatic rings. The minimum atomic E-state index is -2.64. The molecule has 2 heterocycles. The first kappa shape index (κ1) is 32.5. The van der Waals surface area contributed by atoms with Crippen LogP contribution in [0.5, 0.6) is 0 Å². The molecule has 43 heavy (non-hydrogen) atoms. The van der Waals surface area contributed by atoms with Crippen LogP contribution < -0.4 is 0 Å². The molecule has 1 aromatic heterocycles. The Morgan fingerprint density at radius 3 is 2.35 bits per heavy atom. The third kappa shape index (κ3) is 6.57. The molecule has 3 atom stereocenters. The van der Waals surface area contributed by atoms with Crippen LogP contribution in [-0.4, -0.2) is 80.2 Å². The molecule has 0 saturated heterocycles. The zero-order valence-corrected chi connectivity index (χ0v) is 25.1. The van der Waals surface area contributed by atoms with Gasteiger partial charge in [0.1, 0.15) is 5.82 Å². The number of ether oxygens (including phenoxy) is 1. The molecule has 12 heteroatoms. The molecule has 0 amide bonds. The first-order chi connectivity index (χ1) is 20.2. The summed E-state index contributed by atoms with van der Waals surface area (Å²) in [7, 11) is 3.61. The number of aliphatic carboxylic acids is 3. The van der Waals surface area contributed by atoms with Gasteiger partial charge in [-0.3, -0.25) is 9.59 Å². The van der Waals surface area contributed by atoms with Crippen LogP contribution in [0.25, 0.3) is 10.9 Å². The maximum absolute atomic E-state index is 14.4. The number of para-hydroxylation sites is 1. The molecule has 0 spiro atoms. The third-order valence-corrected chi connectivity index (χ3v) is 9.47. The quantitative estimate of drug-likeness (QED) is 0.176. The highest BCUT2D eigenvalue weighted by Crippen LogP contribution is 2.54. The van der Waals surface area contributed by atoms with Crippen molar-refractivity contribution in [1.82, 2.24) is 9.88 Å². The Kier molecular flexibility index (Phi) is 9.55. The minimum absolute atomic E-state index is 0.0508. The van der Waals surface area contributed by atoms with Crippen molar-refractivity contribution in [1.29, 1.82) is 0 Å². The number of aromatic nitrogens is 1. The van der Waals surface area contributed by atoms with E-state index in [1.54, 1.807) is 27.1 Å². The number of thioether (sulfide) groups is 1. The number of carboxylic acid groups (broad SMARTS) is 3. The van der Waals surface area contributed by atoms with Gasteiger partial charge >= 0.3 is 17.9 Å². The number of benzene rings is 2. The summed E-state index contributed by atoms with van der Waals surface area (Å²) in [6.45, 7) is 2.03. The molecule has 2 aromatic carbocycles. The maximum Gasteiger partial charge on any atom is 0.337 e. The van der Waals surface area contributed by atoms with Crippen LogP contribution in [0, 0.1) is 11.7 Å². The van der Waals surface area contributed by atoms with E-state index in [2.05, 4.69) is 4.98 Å². The van der Waals surface area contributed by atoms with Crippen LogP contribution in [0.1, 0.15) is 49.4 Å². The summed E-state index contributed by atoms with van der Waals surface area (Å²) < 4.78 is 20.9. The molecule has 0 fully saturated rings. The highest BCUT2D eigenvalue weighted by Gasteiger charge is 2.55. The molecular formula is C31H37FN2O8S. The molecule has 3 unspecified atom stereocenters. The SMILES string of the molecule is CCC(O)(c1cccc(F)c1)C(CN(C)C)CC1(OC(CC(=O)O)(CC(=O)O)C(=O)O)SCCc2c1[nH]c1ccccc21. The Hall–Kier alpha value is -3.45. The standard InChI is InChI=1S/C31H37FN2O8S/c1-4-30(41,19-8-7-9-21(32)14-19)20(18-34(2)3)15-31(42-29(28(39)40,16-25(35)36)17-26(37)38)27-23(12-13-43-31)22-10-5-6-11-24(22)33-27/h5-11,14,20,33,41H,4,12-13,15-18H2,1-3H3,(H,35,36)(H,37,38)(H,39,40). The van der Waals surface area contributed by atoms with Crippen molar-refractivity contribution in [3.8, 4) is 0 Å². The summed E-state index contributed by atoms with van der Waals surface area (Å²) in [4.78, 5) is 40.4. The van der Waals surface area contributed by atoms with Gasteiger partial charge in [-0.25, -0.2) is 9.18 Å². The molecular weight excluding hydrogens is 579 g/mol. The summed E-state index contributed by atoms with van der Waals surface area (Å²) in [6, 6.07) is 13.1. The van der Waals surface area contributed by atoms with Crippen molar-refractivity contribution >= 4 is 40.6 Å². The monoisotopic (exact) mass is 616 g/mol. The second-order valence-electron chi connectivity index (χ2n) is 11.4. The Labute approximate surface area is 252 Å². The number of carbonyl (C=O) groups is 3. The van der Waals surface area contributed by atoms with E-state index in [-0.39, 0.29) is 19.4 Å². The predicted octanol–water partition coefficient (Wildman–Crippen LogP) is 4.40. The van der Waals surface area contributed by atoms with Crippen molar-refractivity contribution < 1.29 is 43.9 Å². The zero-order valence-electron chi connectivity index (χ0n) is 24.3. The van der Waals surface area contributed by atoms with Crippen molar-refractivity contribution in [3.05, 3.63) is 71.2 Å². The van der Waals surface area contributed by atoms with Crippen molar-refractivity contribution in [2.45, 2.75) is 55.2 Å². The molecule has 1 aliphatic rings. The Balaban J connectivity index is 1.98. The van der Waals surface area contributed by atoms with E-state index in [1.807, 2.05) is 29.2 Å². The number of hydrogen-bond donors (Lipinski definition) is 5. The first-order valence-electron chi connectivity index (χ1n) is 14.0. The van der Waals surface area contributed by atoms with E-state index in [0.29, 0.717) is 23.4 Å². The van der Waals surface area contributed by atoms with Gasteiger partial charge < -0.3 is 35.0 Å². The van der Waals surface area contributed by atoms with Gasteiger partial charge in [0, 0.05) is 29.1 Å². The van der Waals surface area contributed by atoms with E-state index in [0.717, 1.165) is 16.5 Å². The smallest absolute Gasteiger partial charge is 0.337 e. The molecule has 1 aliphatic heterocycles. The molecule has 5 N–H and O–H groups in total. The normalized spacial score (nSPS) is 19.1. The van der Waals surface area contributed by atoms with Gasteiger partial charge in [0.15, 0.2) is 10.5 Å². The summed E-state index contributed by atoms with van der Waals surface area (Å²) in [5.74, 6) is -5.58. The first-order valence-corrected chi connectivity index (χ1v) is 15.0. The fraction of sp³-hybridized carbons (Fsp3) is 0.452. The largest absolute Gasteiger partial charge is 0.481 e. The van der Waals surface area contributed by atoms with E-state index < -0.39 is 58.6 Å². The van der Waals surface area contributed by atoms with Gasteiger partial charge in [0.25, 0.3) is 0 Å². The fourth-order valence-electron chi connectivity index (χ4n) is 6.23. The van der Waals surface area contributed by atoms with Gasteiger partial charge in [-0.05, 0) is 62.7 Å². The molecule has 4 rings (SSSR count). The predicted molar refractivity (Wildman–Crippen MR) is 159 cm³/mol. The van der Waals surface area contributed by atoms with Gasteiger partial charge in [-0.1, -0.05) is 37.3 Å². The lowest BCUT2D eigenvalue weighted by atomic mass is 9.75. The number of H-pyrrole nitrogens is 1. The number of aryl methyl sites for hydroxylation is 1. The van der Waals surface area contributed by atoms with Crippen LogP contribution in [0.3, 0.4) is 0 Å². The van der Waals surface area contributed by atoms with E-state index in [1.165, 1.54) is 30.0 Å². The lowest BCUT2D eigenvalue weighted by Gasteiger charge is -2.47. The average Bonchev–Trinajstić information content (AvgIpc) is 3.31. The number of aromatic amines is 1. The number of aliphatic hydroxyl groups is 1. The Bertz CT molecular complexity index is 1490. The lowest BCUT2D eigenvalue weighted by molar-refractivity contribution is -0.196.